The van der Waals surface area contributed by atoms with Gasteiger partial charge in [0.1, 0.15) is 5.41 Å². The van der Waals surface area contributed by atoms with E-state index in [1.807, 2.05) is 20.8 Å². The minimum absolute atomic E-state index is 0.0370. The number of nitrogens with zero attached hydrogens (tertiary/aromatic N) is 1. The van der Waals surface area contributed by atoms with Crippen LogP contribution in [-0.4, -0.2) is 41.1 Å². The maximum absolute atomic E-state index is 11.9. The molecule has 0 radical (unpaired) electrons. The van der Waals surface area contributed by atoms with Crippen LogP contribution in [0.4, 0.5) is 4.79 Å². The molecule has 0 aliphatic carbocycles. The molecular weight excluding hydrogens is 238 g/mol. The van der Waals surface area contributed by atoms with Crippen molar-refractivity contribution in [1.82, 2.24) is 4.90 Å². The molecular formula is C12H19NO5. The Kier molecular flexibility index (Phi) is 3.69. The Labute approximate surface area is 106 Å². The van der Waals surface area contributed by atoms with Gasteiger partial charge in [-0.2, -0.15) is 0 Å². The Morgan fingerprint density at radius 1 is 1.44 bits per heavy atom. The number of carbonyl (C=O) groups excluding carboxylic acids is 2. The van der Waals surface area contributed by atoms with Gasteiger partial charge in [0.25, 0.3) is 0 Å². The van der Waals surface area contributed by atoms with Crippen molar-refractivity contribution >= 4 is 18.0 Å². The zero-order valence-electron chi connectivity index (χ0n) is 11.1. The first kappa shape index (κ1) is 14.5. The molecule has 2 amide bonds. The predicted molar refractivity (Wildman–Crippen MR) is 62.9 cm³/mol. The van der Waals surface area contributed by atoms with Gasteiger partial charge in [-0.05, 0) is 18.8 Å². The van der Waals surface area contributed by atoms with Crippen molar-refractivity contribution in [2.75, 3.05) is 13.2 Å². The standard InChI is InChI=1S/C12H19NO5/c1-11(2,3)7-18-9(15)12(4)5-6-13(8(12)14)10(16)17/h5-7H2,1-4H3,(H,16,17). The van der Waals surface area contributed by atoms with Crippen molar-refractivity contribution in [3.05, 3.63) is 0 Å². The third-order valence-electron chi connectivity index (χ3n) is 2.87. The Hall–Kier alpha value is -1.59. The van der Waals surface area contributed by atoms with Crippen LogP contribution in [-0.2, 0) is 14.3 Å². The zero-order valence-corrected chi connectivity index (χ0v) is 11.1. The van der Waals surface area contributed by atoms with Crippen LogP contribution in [0.2, 0.25) is 0 Å². The highest BCUT2D eigenvalue weighted by molar-refractivity contribution is 6.08. The summed E-state index contributed by atoms with van der Waals surface area (Å²) in [6.45, 7) is 7.38. The summed E-state index contributed by atoms with van der Waals surface area (Å²) in [6, 6.07) is 0. The summed E-state index contributed by atoms with van der Waals surface area (Å²) >= 11 is 0. The number of carbonyl (C=O) groups is 3. The molecule has 6 heteroatoms. The quantitative estimate of drug-likeness (QED) is 0.598. The van der Waals surface area contributed by atoms with Gasteiger partial charge in [0.05, 0.1) is 6.61 Å². The summed E-state index contributed by atoms with van der Waals surface area (Å²) in [5, 5.41) is 8.81. The van der Waals surface area contributed by atoms with Gasteiger partial charge in [-0.1, -0.05) is 20.8 Å². The molecule has 1 fully saturated rings. The SMILES string of the molecule is CC(C)(C)COC(=O)C1(C)CCN(C(=O)O)C1=O. The second kappa shape index (κ2) is 4.59. The van der Waals surface area contributed by atoms with E-state index in [1.165, 1.54) is 6.92 Å². The molecule has 102 valence electrons. The van der Waals surface area contributed by atoms with Crippen LogP contribution < -0.4 is 0 Å². The van der Waals surface area contributed by atoms with E-state index in [0.717, 1.165) is 0 Å². The molecule has 1 saturated heterocycles. The van der Waals surface area contributed by atoms with Crippen LogP contribution in [0.15, 0.2) is 0 Å². The lowest BCUT2D eigenvalue weighted by atomic mass is 9.89. The summed E-state index contributed by atoms with van der Waals surface area (Å²) in [7, 11) is 0. The van der Waals surface area contributed by atoms with E-state index in [9.17, 15) is 14.4 Å². The molecule has 0 aromatic heterocycles. The average molecular weight is 257 g/mol. The number of amides is 2. The van der Waals surface area contributed by atoms with E-state index < -0.39 is 23.4 Å². The van der Waals surface area contributed by atoms with Crippen LogP contribution in [0.1, 0.15) is 34.1 Å². The van der Waals surface area contributed by atoms with Gasteiger partial charge in [-0.15, -0.1) is 0 Å². The average Bonchev–Trinajstić information content (AvgIpc) is 2.52. The number of ether oxygens (including phenoxy) is 1. The smallest absolute Gasteiger partial charge is 0.414 e. The molecule has 18 heavy (non-hydrogen) atoms. The van der Waals surface area contributed by atoms with E-state index in [1.54, 1.807) is 0 Å². The van der Waals surface area contributed by atoms with E-state index in [-0.39, 0.29) is 25.0 Å². The van der Waals surface area contributed by atoms with Crippen molar-refractivity contribution < 1.29 is 24.2 Å². The summed E-state index contributed by atoms with van der Waals surface area (Å²) in [4.78, 5) is 35.3. The largest absolute Gasteiger partial charge is 0.465 e. The molecule has 0 spiro atoms. The van der Waals surface area contributed by atoms with Crippen LogP contribution in [0, 0.1) is 10.8 Å². The molecule has 1 unspecified atom stereocenters. The maximum atomic E-state index is 11.9. The molecule has 0 aromatic rings. The molecule has 1 aliphatic rings. The lowest BCUT2D eigenvalue weighted by Crippen LogP contribution is -2.41. The molecule has 0 saturated carbocycles. The second-order valence-corrected chi connectivity index (χ2v) is 5.96. The lowest BCUT2D eigenvalue weighted by molar-refractivity contribution is -0.162. The molecule has 1 N–H and O–H groups in total. The third-order valence-corrected chi connectivity index (χ3v) is 2.87. The first-order valence-corrected chi connectivity index (χ1v) is 5.80. The first-order chi connectivity index (χ1) is 8.08. The number of carboxylic acid groups (broad SMARTS) is 1. The number of esters is 1. The van der Waals surface area contributed by atoms with Crippen LogP contribution in [0.5, 0.6) is 0 Å². The highest BCUT2D eigenvalue weighted by Crippen LogP contribution is 2.33. The minimum Gasteiger partial charge on any atom is -0.465 e. The van der Waals surface area contributed by atoms with Crippen molar-refractivity contribution in [1.29, 1.82) is 0 Å². The van der Waals surface area contributed by atoms with Crippen LogP contribution in [0.3, 0.4) is 0 Å². The number of rotatable bonds is 2. The Morgan fingerprint density at radius 2 is 2.00 bits per heavy atom. The van der Waals surface area contributed by atoms with Crippen molar-refractivity contribution in [2.24, 2.45) is 10.8 Å². The number of hydrogen-bond donors (Lipinski definition) is 1. The molecule has 6 nitrogen and oxygen atoms in total. The molecule has 0 aromatic carbocycles. The zero-order chi connectivity index (χ0) is 14.1. The Balaban J connectivity index is 2.74. The normalized spacial score (nSPS) is 24.2. The highest BCUT2D eigenvalue weighted by atomic mass is 16.5. The monoisotopic (exact) mass is 257 g/mol. The highest BCUT2D eigenvalue weighted by Gasteiger charge is 2.52. The molecule has 1 heterocycles. The topological polar surface area (TPSA) is 83.9 Å². The summed E-state index contributed by atoms with van der Waals surface area (Å²) < 4.78 is 5.11. The number of imide groups is 1. The summed E-state index contributed by atoms with van der Waals surface area (Å²) in [6.07, 6.45) is -1.16. The summed E-state index contributed by atoms with van der Waals surface area (Å²) in [5.41, 5.74) is -1.57. The van der Waals surface area contributed by atoms with Gasteiger partial charge in [-0.3, -0.25) is 9.59 Å². The Bertz CT molecular complexity index is 384. The van der Waals surface area contributed by atoms with Gasteiger partial charge in [0, 0.05) is 6.54 Å². The van der Waals surface area contributed by atoms with Gasteiger partial charge < -0.3 is 9.84 Å². The van der Waals surface area contributed by atoms with Gasteiger partial charge in [-0.25, -0.2) is 9.69 Å². The van der Waals surface area contributed by atoms with Gasteiger partial charge in [0.15, 0.2) is 0 Å². The van der Waals surface area contributed by atoms with Gasteiger partial charge >= 0.3 is 12.1 Å². The maximum Gasteiger partial charge on any atom is 0.414 e. The van der Waals surface area contributed by atoms with Crippen LogP contribution in [0.25, 0.3) is 0 Å². The molecule has 1 aliphatic heterocycles. The van der Waals surface area contributed by atoms with E-state index in [4.69, 9.17) is 9.84 Å². The lowest BCUT2D eigenvalue weighted by Gasteiger charge is -2.23. The van der Waals surface area contributed by atoms with Crippen molar-refractivity contribution in [3.63, 3.8) is 0 Å². The fraction of sp³-hybridized carbons (Fsp3) is 0.750. The van der Waals surface area contributed by atoms with Crippen molar-refractivity contribution in [2.45, 2.75) is 34.1 Å². The van der Waals surface area contributed by atoms with E-state index in [0.29, 0.717) is 4.90 Å². The second-order valence-electron chi connectivity index (χ2n) is 5.96. The minimum atomic E-state index is -1.37. The van der Waals surface area contributed by atoms with Crippen LogP contribution >= 0.6 is 0 Å². The van der Waals surface area contributed by atoms with E-state index in [2.05, 4.69) is 0 Å². The molecule has 0 bridgehead atoms. The number of likely N-dealkylation sites (tertiary alicyclic amines) is 1. The number of hydrogen-bond acceptors (Lipinski definition) is 4. The van der Waals surface area contributed by atoms with Crippen molar-refractivity contribution in [3.8, 4) is 0 Å². The van der Waals surface area contributed by atoms with Gasteiger partial charge in [0.2, 0.25) is 5.91 Å². The fourth-order valence-corrected chi connectivity index (χ4v) is 1.65. The van der Waals surface area contributed by atoms with E-state index >= 15 is 0 Å². The first-order valence-electron chi connectivity index (χ1n) is 5.80. The Morgan fingerprint density at radius 3 is 2.39 bits per heavy atom. The fourth-order valence-electron chi connectivity index (χ4n) is 1.65. The molecule has 1 rings (SSSR count). The summed E-state index contributed by atoms with van der Waals surface area (Å²) in [5.74, 6) is -1.35. The third kappa shape index (κ3) is 2.80. The predicted octanol–water partition coefficient (Wildman–Crippen LogP) is 1.49. The molecule has 1 atom stereocenters.